The Balaban J connectivity index is 1.80. The Hall–Kier alpha value is -1.66. The van der Waals surface area contributed by atoms with Gasteiger partial charge in [0.1, 0.15) is 0 Å². The lowest BCUT2D eigenvalue weighted by Crippen LogP contribution is -2.50. The van der Waals surface area contributed by atoms with Gasteiger partial charge in [-0.2, -0.15) is 0 Å². The van der Waals surface area contributed by atoms with Crippen LogP contribution in [0.1, 0.15) is 31.7 Å². The van der Waals surface area contributed by atoms with E-state index < -0.39 is 0 Å². The van der Waals surface area contributed by atoms with E-state index in [1.54, 1.807) is 11.0 Å². The summed E-state index contributed by atoms with van der Waals surface area (Å²) in [7, 11) is 0. The van der Waals surface area contributed by atoms with Crippen LogP contribution in [-0.4, -0.2) is 49.1 Å². The Kier molecular flexibility index (Phi) is 8.32. The van der Waals surface area contributed by atoms with Crippen molar-refractivity contribution in [2.45, 2.75) is 38.6 Å². The summed E-state index contributed by atoms with van der Waals surface area (Å²) in [6.45, 7) is 4.91. The van der Waals surface area contributed by atoms with Crippen molar-refractivity contribution >= 4 is 35.2 Å². The highest BCUT2D eigenvalue weighted by molar-refractivity contribution is 6.35. The van der Waals surface area contributed by atoms with Gasteiger partial charge in [-0.3, -0.25) is 4.99 Å². The summed E-state index contributed by atoms with van der Waals surface area (Å²) in [6.07, 6.45) is 3.50. The van der Waals surface area contributed by atoms with Crippen LogP contribution in [0, 0.1) is 0 Å². The van der Waals surface area contributed by atoms with Crippen molar-refractivity contribution in [1.29, 1.82) is 0 Å². The van der Waals surface area contributed by atoms with Gasteiger partial charge in [0.15, 0.2) is 5.96 Å². The molecule has 1 aliphatic heterocycles. The number of hydrogen-bond donors (Lipinski definition) is 3. The van der Waals surface area contributed by atoms with Crippen molar-refractivity contribution < 1.29 is 4.79 Å². The predicted molar refractivity (Wildman–Crippen MR) is 108 cm³/mol. The minimum atomic E-state index is -0.343. The number of carbonyl (C=O) groups is 1. The smallest absolute Gasteiger partial charge is 0.314 e. The number of halogens is 2. The number of amides is 2. The van der Waals surface area contributed by atoms with Crippen molar-refractivity contribution in [3.63, 3.8) is 0 Å². The average molecular weight is 400 g/mol. The van der Waals surface area contributed by atoms with Gasteiger partial charge in [-0.25, -0.2) is 4.79 Å². The molecular formula is C18H27Cl2N5O. The van der Waals surface area contributed by atoms with E-state index in [2.05, 4.69) is 15.6 Å². The first-order valence-corrected chi connectivity index (χ1v) is 9.78. The van der Waals surface area contributed by atoms with Crippen LogP contribution in [0.25, 0.3) is 0 Å². The second kappa shape index (κ2) is 10.5. The van der Waals surface area contributed by atoms with Gasteiger partial charge in [0, 0.05) is 42.3 Å². The number of aliphatic imine (C=N–C) groups is 1. The van der Waals surface area contributed by atoms with E-state index >= 15 is 0 Å². The summed E-state index contributed by atoms with van der Waals surface area (Å²) in [5.41, 5.74) is 6.41. The summed E-state index contributed by atoms with van der Waals surface area (Å²) in [5, 5.41) is 8.07. The number of nitrogens with one attached hydrogen (secondary N) is 2. The summed E-state index contributed by atoms with van der Waals surface area (Å²) >= 11 is 12.1. The van der Waals surface area contributed by atoms with Crippen LogP contribution in [0.5, 0.6) is 0 Å². The fourth-order valence-electron chi connectivity index (χ4n) is 2.94. The lowest BCUT2D eigenvalue weighted by Gasteiger charge is -2.32. The predicted octanol–water partition coefficient (Wildman–Crippen LogP) is 3.02. The van der Waals surface area contributed by atoms with Crippen molar-refractivity contribution in [2.75, 3.05) is 26.2 Å². The average Bonchev–Trinajstić information content (AvgIpc) is 2.60. The standard InChI is InChI=1S/C18H27Cl2N5O/c1-2-22-18(24-15-7-10-25(11-8-15)17(21)26)23-9-3-4-13-5-6-14(19)12-16(13)20/h5-6,12,15H,2-4,7-11H2,1H3,(H2,21,26)(H2,22,23,24). The normalized spacial score (nSPS) is 15.8. The molecule has 1 aliphatic rings. The van der Waals surface area contributed by atoms with E-state index in [1.807, 2.05) is 19.1 Å². The molecule has 0 atom stereocenters. The van der Waals surface area contributed by atoms with Crippen molar-refractivity contribution in [3.05, 3.63) is 33.8 Å². The number of likely N-dealkylation sites (tertiary alicyclic amines) is 1. The number of piperidine rings is 1. The van der Waals surface area contributed by atoms with Crippen molar-refractivity contribution in [3.8, 4) is 0 Å². The maximum atomic E-state index is 11.2. The molecular weight excluding hydrogens is 373 g/mol. The Labute approximate surface area is 165 Å². The summed E-state index contributed by atoms with van der Waals surface area (Å²) in [4.78, 5) is 17.5. The molecule has 26 heavy (non-hydrogen) atoms. The van der Waals surface area contributed by atoms with Gasteiger partial charge in [-0.15, -0.1) is 0 Å². The maximum Gasteiger partial charge on any atom is 0.314 e. The molecule has 0 saturated carbocycles. The highest BCUT2D eigenvalue weighted by atomic mass is 35.5. The summed E-state index contributed by atoms with van der Waals surface area (Å²) < 4.78 is 0. The van der Waals surface area contributed by atoms with E-state index in [-0.39, 0.29) is 6.03 Å². The number of urea groups is 1. The third-order valence-electron chi connectivity index (χ3n) is 4.38. The number of rotatable bonds is 6. The monoisotopic (exact) mass is 399 g/mol. The molecule has 0 bridgehead atoms. The number of nitrogens with two attached hydrogens (primary N) is 1. The van der Waals surface area contributed by atoms with Crippen molar-refractivity contribution in [2.24, 2.45) is 10.7 Å². The van der Waals surface area contributed by atoms with E-state index in [4.69, 9.17) is 28.9 Å². The molecule has 1 saturated heterocycles. The van der Waals surface area contributed by atoms with E-state index in [0.29, 0.717) is 35.7 Å². The SMILES string of the molecule is CCNC(=NCCCc1ccc(Cl)cc1Cl)NC1CCN(C(N)=O)CC1. The zero-order chi connectivity index (χ0) is 18.9. The number of aryl methyl sites for hydroxylation is 1. The molecule has 0 radical (unpaired) electrons. The number of guanidine groups is 1. The van der Waals surface area contributed by atoms with Gasteiger partial charge in [0.25, 0.3) is 0 Å². The number of primary amides is 1. The molecule has 0 aromatic heterocycles. The van der Waals surface area contributed by atoms with E-state index in [1.165, 1.54) is 0 Å². The second-order valence-electron chi connectivity index (χ2n) is 6.34. The molecule has 1 aromatic carbocycles. The van der Waals surface area contributed by atoms with Gasteiger partial charge < -0.3 is 21.3 Å². The van der Waals surface area contributed by atoms with E-state index in [9.17, 15) is 4.79 Å². The first kappa shape index (κ1) is 20.6. The molecule has 0 aliphatic carbocycles. The fourth-order valence-corrected chi connectivity index (χ4v) is 3.45. The van der Waals surface area contributed by atoms with Gasteiger partial charge in [0.05, 0.1) is 0 Å². The molecule has 2 amide bonds. The molecule has 0 unspecified atom stereocenters. The summed E-state index contributed by atoms with van der Waals surface area (Å²) in [5.74, 6) is 0.812. The van der Waals surface area contributed by atoms with Crippen LogP contribution < -0.4 is 16.4 Å². The first-order valence-electron chi connectivity index (χ1n) is 9.02. The third-order valence-corrected chi connectivity index (χ3v) is 4.97. The van der Waals surface area contributed by atoms with Gasteiger partial charge in [0.2, 0.25) is 0 Å². The number of hydrogen-bond acceptors (Lipinski definition) is 2. The second-order valence-corrected chi connectivity index (χ2v) is 7.19. The van der Waals surface area contributed by atoms with Crippen LogP contribution in [0.3, 0.4) is 0 Å². The Morgan fingerprint density at radius 3 is 2.69 bits per heavy atom. The highest BCUT2D eigenvalue weighted by Gasteiger charge is 2.21. The van der Waals surface area contributed by atoms with Crippen LogP contribution in [0.2, 0.25) is 10.0 Å². The zero-order valence-corrected chi connectivity index (χ0v) is 16.6. The molecule has 2 rings (SSSR count). The lowest BCUT2D eigenvalue weighted by atomic mass is 10.1. The molecule has 8 heteroatoms. The number of nitrogens with zero attached hydrogens (tertiary/aromatic N) is 2. The van der Waals surface area contributed by atoms with Crippen LogP contribution >= 0.6 is 23.2 Å². The minimum absolute atomic E-state index is 0.300. The summed E-state index contributed by atoms with van der Waals surface area (Å²) in [6, 6.07) is 5.55. The molecule has 144 valence electrons. The van der Waals surface area contributed by atoms with Gasteiger partial charge in [-0.1, -0.05) is 29.3 Å². The van der Waals surface area contributed by atoms with E-state index in [0.717, 1.165) is 43.8 Å². The Bertz CT molecular complexity index is 630. The lowest BCUT2D eigenvalue weighted by molar-refractivity contribution is 0.188. The molecule has 1 aromatic rings. The van der Waals surface area contributed by atoms with Crippen LogP contribution in [-0.2, 0) is 6.42 Å². The third kappa shape index (κ3) is 6.57. The number of carbonyl (C=O) groups excluding carboxylic acids is 1. The molecule has 4 N–H and O–H groups in total. The van der Waals surface area contributed by atoms with Crippen LogP contribution in [0.4, 0.5) is 4.79 Å². The topological polar surface area (TPSA) is 82.8 Å². The minimum Gasteiger partial charge on any atom is -0.357 e. The van der Waals surface area contributed by atoms with Gasteiger partial charge in [-0.05, 0) is 50.3 Å². The fraction of sp³-hybridized carbons (Fsp3) is 0.556. The number of benzene rings is 1. The quantitative estimate of drug-likeness (QED) is 0.390. The van der Waals surface area contributed by atoms with Crippen molar-refractivity contribution in [1.82, 2.24) is 15.5 Å². The van der Waals surface area contributed by atoms with Gasteiger partial charge >= 0.3 is 6.03 Å². The first-order chi connectivity index (χ1) is 12.5. The maximum absolute atomic E-state index is 11.2. The Morgan fingerprint density at radius 2 is 2.08 bits per heavy atom. The molecule has 1 heterocycles. The zero-order valence-electron chi connectivity index (χ0n) is 15.1. The molecule has 1 fully saturated rings. The van der Waals surface area contributed by atoms with Crippen LogP contribution in [0.15, 0.2) is 23.2 Å². The molecule has 6 nitrogen and oxygen atoms in total. The largest absolute Gasteiger partial charge is 0.357 e. The Morgan fingerprint density at radius 1 is 1.35 bits per heavy atom. The molecule has 0 spiro atoms. The highest BCUT2D eigenvalue weighted by Crippen LogP contribution is 2.22.